The van der Waals surface area contributed by atoms with Crippen LogP contribution < -0.4 is 4.90 Å². The molecule has 0 bridgehead atoms. The molecule has 2 N–H and O–H groups in total. The second-order valence-electron chi connectivity index (χ2n) is 8.03. The SMILES string of the molecule is CC(C)(C)OC(=O)N1CCN(c2cc(-c3cccc(Cl)c3Cl)[nH]n2)CC1CCO. The molecule has 9 heteroatoms. The van der Waals surface area contributed by atoms with E-state index in [1.807, 2.05) is 39.0 Å². The lowest BCUT2D eigenvalue weighted by atomic mass is 10.1. The summed E-state index contributed by atoms with van der Waals surface area (Å²) < 4.78 is 5.52. The number of aliphatic hydroxyl groups is 1. The van der Waals surface area contributed by atoms with E-state index in [9.17, 15) is 9.90 Å². The van der Waals surface area contributed by atoms with Crippen LogP contribution in [-0.2, 0) is 4.74 Å². The highest BCUT2D eigenvalue weighted by Gasteiger charge is 2.33. The van der Waals surface area contributed by atoms with Gasteiger partial charge in [0, 0.05) is 37.9 Å². The van der Waals surface area contributed by atoms with Crippen LogP contribution in [0.4, 0.5) is 10.6 Å². The number of piperazine rings is 1. The molecule has 1 unspecified atom stereocenters. The maximum atomic E-state index is 12.6. The first-order chi connectivity index (χ1) is 13.7. The van der Waals surface area contributed by atoms with Crippen molar-refractivity contribution < 1.29 is 14.6 Å². The molecule has 1 fully saturated rings. The molecule has 0 saturated carbocycles. The molecule has 158 valence electrons. The second kappa shape index (κ2) is 8.81. The summed E-state index contributed by atoms with van der Waals surface area (Å²) in [7, 11) is 0. The maximum absolute atomic E-state index is 12.6. The lowest BCUT2D eigenvalue weighted by molar-refractivity contribution is 0.0116. The first-order valence-electron chi connectivity index (χ1n) is 9.55. The fourth-order valence-electron chi connectivity index (χ4n) is 3.34. The average Bonchev–Trinajstić information content (AvgIpc) is 3.12. The first kappa shape index (κ1) is 21.7. The van der Waals surface area contributed by atoms with Gasteiger partial charge in [-0.25, -0.2) is 4.79 Å². The van der Waals surface area contributed by atoms with Crippen molar-refractivity contribution in [3.8, 4) is 11.3 Å². The van der Waals surface area contributed by atoms with E-state index in [-0.39, 0.29) is 18.7 Å². The lowest BCUT2D eigenvalue weighted by Crippen LogP contribution is -2.56. The Morgan fingerprint density at radius 3 is 2.79 bits per heavy atom. The van der Waals surface area contributed by atoms with Gasteiger partial charge in [-0.1, -0.05) is 35.3 Å². The third-order valence-electron chi connectivity index (χ3n) is 4.70. The van der Waals surface area contributed by atoms with E-state index in [1.165, 1.54) is 0 Å². The molecule has 7 nitrogen and oxygen atoms in total. The van der Waals surface area contributed by atoms with Crippen molar-refractivity contribution in [2.75, 3.05) is 31.1 Å². The van der Waals surface area contributed by atoms with Gasteiger partial charge in [0.15, 0.2) is 5.82 Å². The van der Waals surface area contributed by atoms with Crippen molar-refractivity contribution in [2.24, 2.45) is 0 Å². The van der Waals surface area contributed by atoms with E-state index >= 15 is 0 Å². The van der Waals surface area contributed by atoms with Gasteiger partial charge in [-0.05, 0) is 33.3 Å². The number of benzene rings is 1. The Morgan fingerprint density at radius 1 is 1.34 bits per heavy atom. The number of carbonyl (C=O) groups is 1. The zero-order valence-electron chi connectivity index (χ0n) is 16.8. The number of nitrogens with one attached hydrogen (secondary N) is 1. The number of carbonyl (C=O) groups excluding carboxylic acids is 1. The molecular weight excluding hydrogens is 415 g/mol. The van der Waals surface area contributed by atoms with Crippen molar-refractivity contribution in [2.45, 2.75) is 38.8 Å². The topological polar surface area (TPSA) is 81.7 Å². The summed E-state index contributed by atoms with van der Waals surface area (Å²) in [5, 5.41) is 17.8. The Balaban J connectivity index is 1.76. The Morgan fingerprint density at radius 2 is 2.10 bits per heavy atom. The molecule has 1 aliphatic heterocycles. The molecule has 1 amide bonds. The molecule has 1 aromatic heterocycles. The van der Waals surface area contributed by atoms with Gasteiger partial charge >= 0.3 is 6.09 Å². The predicted molar refractivity (Wildman–Crippen MR) is 115 cm³/mol. The summed E-state index contributed by atoms with van der Waals surface area (Å²) in [4.78, 5) is 16.3. The van der Waals surface area contributed by atoms with Crippen molar-refractivity contribution in [1.82, 2.24) is 15.1 Å². The zero-order chi connectivity index (χ0) is 21.2. The number of rotatable bonds is 4. The largest absolute Gasteiger partial charge is 0.444 e. The van der Waals surface area contributed by atoms with Crippen LogP contribution in [0, 0.1) is 0 Å². The van der Waals surface area contributed by atoms with Crippen LogP contribution in [0.15, 0.2) is 24.3 Å². The molecular formula is C20H26Cl2N4O3. The number of aromatic nitrogens is 2. The highest BCUT2D eigenvalue weighted by Crippen LogP contribution is 2.34. The van der Waals surface area contributed by atoms with Gasteiger partial charge in [0.2, 0.25) is 0 Å². The third-order valence-corrected chi connectivity index (χ3v) is 5.52. The normalized spacial score (nSPS) is 17.5. The Kier molecular flexibility index (Phi) is 6.61. The fraction of sp³-hybridized carbons (Fsp3) is 0.500. The zero-order valence-corrected chi connectivity index (χ0v) is 18.3. The summed E-state index contributed by atoms with van der Waals surface area (Å²) >= 11 is 12.4. The van der Waals surface area contributed by atoms with E-state index in [2.05, 4.69) is 15.1 Å². The molecule has 1 saturated heterocycles. The van der Waals surface area contributed by atoms with Crippen molar-refractivity contribution in [3.05, 3.63) is 34.3 Å². The first-order valence-corrected chi connectivity index (χ1v) is 10.3. The molecule has 0 spiro atoms. The summed E-state index contributed by atoms with van der Waals surface area (Å²) in [5.41, 5.74) is 0.976. The van der Waals surface area contributed by atoms with Gasteiger partial charge in [-0.3, -0.25) is 5.10 Å². The number of anilines is 1. The number of hydrogen-bond acceptors (Lipinski definition) is 5. The van der Waals surface area contributed by atoms with Crippen molar-refractivity contribution >= 4 is 35.1 Å². The molecule has 29 heavy (non-hydrogen) atoms. The van der Waals surface area contributed by atoms with E-state index < -0.39 is 5.60 Å². The monoisotopic (exact) mass is 440 g/mol. The van der Waals surface area contributed by atoms with E-state index in [0.29, 0.717) is 36.1 Å². The standard InChI is InChI=1S/C20H26Cl2N4O3/c1-20(2,3)29-19(28)26-9-8-25(12-13(26)7-10-27)17-11-16(23-24-17)14-5-4-6-15(21)18(14)22/h4-6,11,13,27H,7-10,12H2,1-3H3,(H,23,24). The van der Waals surface area contributed by atoms with Gasteiger partial charge < -0.3 is 19.6 Å². The summed E-state index contributed by atoms with van der Waals surface area (Å²) in [6.45, 7) is 7.15. The van der Waals surface area contributed by atoms with Crippen molar-refractivity contribution in [3.63, 3.8) is 0 Å². The number of halogens is 2. The van der Waals surface area contributed by atoms with Gasteiger partial charge in [-0.2, -0.15) is 5.10 Å². The highest BCUT2D eigenvalue weighted by molar-refractivity contribution is 6.43. The number of nitrogens with zero attached hydrogens (tertiary/aromatic N) is 3. The number of aromatic amines is 1. The molecule has 0 aliphatic carbocycles. The van der Waals surface area contributed by atoms with E-state index in [4.69, 9.17) is 27.9 Å². The van der Waals surface area contributed by atoms with Crippen LogP contribution in [0.5, 0.6) is 0 Å². The molecule has 2 heterocycles. The van der Waals surface area contributed by atoms with Gasteiger partial charge in [0.05, 0.1) is 21.8 Å². The molecule has 1 aromatic carbocycles. The Hall–Kier alpha value is -1.96. The van der Waals surface area contributed by atoms with Crippen LogP contribution in [0.2, 0.25) is 10.0 Å². The fourth-order valence-corrected chi connectivity index (χ4v) is 3.75. The Labute approximate surface area is 180 Å². The minimum absolute atomic E-state index is 0.0122. The van der Waals surface area contributed by atoms with E-state index in [1.54, 1.807) is 11.0 Å². The summed E-state index contributed by atoms with van der Waals surface area (Å²) in [5.74, 6) is 0.753. The van der Waals surface area contributed by atoms with Crippen LogP contribution in [0.25, 0.3) is 11.3 Å². The summed E-state index contributed by atoms with van der Waals surface area (Å²) in [6, 6.07) is 7.19. The Bertz CT molecular complexity index is 866. The van der Waals surface area contributed by atoms with Crippen molar-refractivity contribution in [1.29, 1.82) is 0 Å². The minimum atomic E-state index is -0.564. The van der Waals surface area contributed by atoms with Gasteiger partial charge in [0.25, 0.3) is 0 Å². The molecule has 3 rings (SSSR count). The highest BCUT2D eigenvalue weighted by atomic mass is 35.5. The number of aliphatic hydroxyl groups excluding tert-OH is 1. The molecule has 1 atom stereocenters. The minimum Gasteiger partial charge on any atom is -0.444 e. The van der Waals surface area contributed by atoms with Crippen LogP contribution >= 0.6 is 23.2 Å². The van der Waals surface area contributed by atoms with Gasteiger partial charge in [0.1, 0.15) is 5.60 Å². The quantitative estimate of drug-likeness (QED) is 0.744. The third kappa shape index (κ3) is 5.15. The number of hydrogen-bond donors (Lipinski definition) is 2. The van der Waals surface area contributed by atoms with Crippen LogP contribution in [-0.4, -0.2) is 64.2 Å². The second-order valence-corrected chi connectivity index (χ2v) is 8.81. The van der Waals surface area contributed by atoms with E-state index in [0.717, 1.165) is 17.1 Å². The smallest absolute Gasteiger partial charge is 0.410 e. The average molecular weight is 441 g/mol. The molecule has 2 aromatic rings. The van der Waals surface area contributed by atoms with Crippen LogP contribution in [0.3, 0.4) is 0 Å². The van der Waals surface area contributed by atoms with Crippen LogP contribution in [0.1, 0.15) is 27.2 Å². The van der Waals surface area contributed by atoms with Gasteiger partial charge in [-0.15, -0.1) is 0 Å². The maximum Gasteiger partial charge on any atom is 0.410 e. The molecule has 0 radical (unpaired) electrons. The number of amides is 1. The number of ether oxygens (including phenoxy) is 1. The molecule has 1 aliphatic rings. The lowest BCUT2D eigenvalue weighted by Gasteiger charge is -2.41. The summed E-state index contributed by atoms with van der Waals surface area (Å²) in [6.07, 6.45) is 0.108. The number of H-pyrrole nitrogens is 1. The predicted octanol–water partition coefficient (Wildman–Crippen LogP) is 4.19.